The molecule has 0 spiro atoms. The fourth-order valence-electron chi connectivity index (χ4n) is 1.68. The van der Waals surface area contributed by atoms with Gasteiger partial charge in [-0.25, -0.2) is 4.39 Å². The highest BCUT2D eigenvalue weighted by molar-refractivity contribution is 9.10. The monoisotopic (exact) mass is 326 g/mol. The smallest absolute Gasteiger partial charge is 0.256 e. The minimum atomic E-state index is -0.560. The maximum absolute atomic E-state index is 13.8. The third-order valence-corrected chi connectivity index (χ3v) is 3.22. The van der Waals surface area contributed by atoms with Crippen LogP contribution in [0.1, 0.15) is 21.8 Å². The molecule has 0 atom stereocenters. The van der Waals surface area contributed by atoms with Crippen LogP contribution < -0.4 is 0 Å². The summed E-state index contributed by atoms with van der Waals surface area (Å²) in [4.78, 5) is 13.5. The first-order chi connectivity index (χ1) is 8.99. The first kappa shape index (κ1) is 13.7. The summed E-state index contributed by atoms with van der Waals surface area (Å²) in [5.41, 5.74) is 0.654. The number of halogens is 2. The molecule has 1 amide bonds. The highest BCUT2D eigenvalue weighted by Gasteiger charge is 2.18. The predicted molar refractivity (Wildman–Crippen MR) is 71.1 cm³/mol. The third-order valence-electron chi connectivity index (χ3n) is 2.60. The molecule has 0 saturated carbocycles. The van der Waals surface area contributed by atoms with Crippen LogP contribution in [0.3, 0.4) is 0 Å². The van der Waals surface area contributed by atoms with E-state index in [1.54, 1.807) is 32.2 Å². The van der Waals surface area contributed by atoms with Crippen LogP contribution in [0.5, 0.6) is 0 Å². The highest BCUT2D eigenvalue weighted by atomic mass is 79.9. The van der Waals surface area contributed by atoms with Gasteiger partial charge >= 0.3 is 0 Å². The molecule has 1 aromatic heterocycles. The van der Waals surface area contributed by atoms with Gasteiger partial charge in [-0.15, -0.1) is 0 Å². The van der Waals surface area contributed by atoms with Gasteiger partial charge in [0, 0.05) is 13.1 Å². The lowest BCUT2D eigenvalue weighted by Gasteiger charge is -2.16. The van der Waals surface area contributed by atoms with Gasteiger partial charge in [0.15, 0.2) is 0 Å². The second-order valence-electron chi connectivity index (χ2n) is 4.19. The summed E-state index contributed by atoms with van der Waals surface area (Å²) in [6, 6.07) is 6.36. The van der Waals surface area contributed by atoms with E-state index in [-0.39, 0.29) is 16.6 Å². The number of carbonyl (C=O) groups is 1. The van der Waals surface area contributed by atoms with Gasteiger partial charge in [0.05, 0.1) is 16.6 Å². The summed E-state index contributed by atoms with van der Waals surface area (Å²) in [7, 11) is 1.59. The SMILES string of the molecule is Cc1cc(CN(C)C(=O)c2cccc(Br)c2F)no1. The molecule has 1 heterocycles. The van der Waals surface area contributed by atoms with Crippen molar-refractivity contribution in [3.8, 4) is 0 Å². The van der Waals surface area contributed by atoms with Gasteiger partial charge in [0.2, 0.25) is 0 Å². The van der Waals surface area contributed by atoms with Gasteiger partial charge in [-0.2, -0.15) is 0 Å². The van der Waals surface area contributed by atoms with Crippen molar-refractivity contribution in [2.45, 2.75) is 13.5 Å². The Morgan fingerprint density at radius 3 is 2.89 bits per heavy atom. The van der Waals surface area contributed by atoms with Crippen LogP contribution in [0, 0.1) is 12.7 Å². The molecular formula is C13H12BrFN2O2. The summed E-state index contributed by atoms with van der Waals surface area (Å²) in [5, 5.41) is 3.80. The van der Waals surface area contributed by atoms with Gasteiger partial charge in [-0.05, 0) is 35.0 Å². The molecule has 2 aromatic rings. The molecule has 2 rings (SSSR count). The number of aryl methyl sites for hydroxylation is 1. The standard InChI is InChI=1S/C13H12BrFN2O2/c1-8-6-9(16-19-8)7-17(2)13(18)10-4-3-5-11(14)12(10)15/h3-6H,7H2,1-2H3. The fourth-order valence-corrected chi connectivity index (χ4v) is 2.05. The maximum Gasteiger partial charge on any atom is 0.256 e. The molecule has 0 fully saturated rings. The Hall–Kier alpha value is -1.69. The molecule has 0 radical (unpaired) electrons. The molecule has 100 valence electrons. The van der Waals surface area contributed by atoms with Crippen molar-refractivity contribution in [1.29, 1.82) is 0 Å². The van der Waals surface area contributed by atoms with E-state index in [1.165, 1.54) is 11.0 Å². The van der Waals surface area contributed by atoms with Crippen molar-refractivity contribution in [1.82, 2.24) is 10.1 Å². The predicted octanol–water partition coefficient (Wildman–Crippen LogP) is 3.16. The van der Waals surface area contributed by atoms with Crippen molar-refractivity contribution in [2.75, 3.05) is 7.05 Å². The normalized spacial score (nSPS) is 10.5. The molecule has 0 unspecified atom stereocenters. The van der Waals surface area contributed by atoms with Crippen molar-refractivity contribution in [3.05, 3.63) is 51.6 Å². The van der Waals surface area contributed by atoms with Gasteiger partial charge in [-0.3, -0.25) is 4.79 Å². The summed E-state index contributed by atoms with van der Waals surface area (Å²) in [6.07, 6.45) is 0. The third kappa shape index (κ3) is 3.01. The van der Waals surface area contributed by atoms with Gasteiger partial charge in [0.1, 0.15) is 17.3 Å². The Bertz CT molecular complexity index is 612. The average Bonchev–Trinajstić information content (AvgIpc) is 2.77. The minimum Gasteiger partial charge on any atom is -0.361 e. The first-order valence-electron chi connectivity index (χ1n) is 5.60. The van der Waals surface area contributed by atoms with Crippen LogP contribution in [0.2, 0.25) is 0 Å². The number of rotatable bonds is 3. The van der Waals surface area contributed by atoms with Crippen molar-refractivity contribution in [3.63, 3.8) is 0 Å². The lowest BCUT2D eigenvalue weighted by molar-refractivity contribution is 0.0777. The first-order valence-corrected chi connectivity index (χ1v) is 6.40. The van der Waals surface area contributed by atoms with Crippen LogP contribution in [0.15, 0.2) is 33.3 Å². The zero-order chi connectivity index (χ0) is 14.0. The largest absolute Gasteiger partial charge is 0.361 e. The van der Waals surface area contributed by atoms with E-state index in [0.29, 0.717) is 11.5 Å². The molecular weight excluding hydrogens is 315 g/mol. The van der Waals surface area contributed by atoms with Gasteiger partial charge in [0.25, 0.3) is 5.91 Å². The number of hydrogen-bond donors (Lipinski definition) is 0. The lowest BCUT2D eigenvalue weighted by Crippen LogP contribution is -2.27. The van der Waals surface area contributed by atoms with E-state index in [4.69, 9.17) is 4.52 Å². The number of carbonyl (C=O) groups excluding carboxylic acids is 1. The molecule has 19 heavy (non-hydrogen) atoms. The summed E-state index contributed by atoms with van der Waals surface area (Å²) < 4.78 is 19.0. The summed E-state index contributed by atoms with van der Waals surface area (Å²) in [5.74, 6) is -0.292. The van der Waals surface area contributed by atoms with E-state index in [0.717, 1.165) is 0 Å². The van der Waals surface area contributed by atoms with Crippen LogP contribution >= 0.6 is 15.9 Å². The van der Waals surface area contributed by atoms with Gasteiger partial charge < -0.3 is 9.42 Å². The quantitative estimate of drug-likeness (QED) is 0.870. The summed E-state index contributed by atoms with van der Waals surface area (Å²) >= 11 is 3.06. The molecule has 4 nitrogen and oxygen atoms in total. The molecule has 1 aromatic carbocycles. The zero-order valence-electron chi connectivity index (χ0n) is 10.5. The van der Waals surface area contributed by atoms with Gasteiger partial charge in [-0.1, -0.05) is 11.2 Å². The molecule has 0 bridgehead atoms. The van der Waals surface area contributed by atoms with Crippen LogP contribution in [0.25, 0.3) is 0 Å². The van der Waals surface area contributed by atoms with Crippen LogP contribution in [0.4, 0.5) is 4.39 Å². The minimum absolute atomic E-state index is 0.0251. The lowest BCUT2D eigenvalue weighted by atomic mass is 10.2. The second kappa shape index (κ2) is 5.52. The van der Waals surface area contributed by atoms with Crippen LogP contribution in [-0.2, 0) is 6.54 Å². The highest BCUT2D eigenvalue weighted by Crippen LogP contribution is 2.20. The van der Waals surface area contributed by atoms with E-state index in [9.17, 15) is 9.18 Å². The number of benzene rings is 1. The van der Waals surface area contributed by atoms with Crippen molar-refractivity contribution < 1.29 is 13.7 Å². The Kier molecular flexibility index (Phi) is 3.99. The zero-order valence-corrected chi connectivity index (χ0v) is 12.1. The summed E-state index contributed by atoms with van der Waals surface area (Å²) in [6.45, 7) is 2.04. The maximum atomic E-state index is 13.8. The average molecular weight is 327 g/mol. The Morgan fingerprint density at radius 2 is 2.26 bits per heavy atom. The van der Waals surface area contributed by atoms with Crippen molar-refractivity contribution >= 4 is 21.8 Å². The molecule has 0 aliphatic heterocycles. The van der Waals surface area contributed by atoms with E-state index >= 15 is 0 Å². The number of amides is 1. The van der Waals surface area contributed by atoms with E-state index in [1.807, 2.05) is 0 Å². The number of hydrogen-bond acceptors (Lipinski definition) is 3. The number of aromatic nitrogens is 1. The van der Waals surface area contributed by atoms with E-state index in [2.05, 4.69) is 21.1 Å². The van der Waals surface area contributed by atoms with Crippen LogP contribution in [-0.4, -0.2) is 23.0 Å². The Morgan fingerprint density at radius 1 is 1.53 bits per heavy atom. The molecule has 0 aliphatic carbocycles. The second-order valence-corrected chi connectivity index (χ2v) is 5.05. The molecule has 0 saturated heterocycles. The molecule has 6 heteroatoms. The number of nitrogens with zero attached hydrogens (tertiary/aromatic N) is 2. The Balaban J connectivity index is 2.17. The topological polar surface area (TPSA) is 46.3 Å². The Labute approximate surface area is 118 Å². The molecule has 0 aliphatic rings. The van der Waals surface area contributed by atoms with E-state index < -0.39 is 11.7 Å². The fraction of sp³-hybridized carbons (Fsp3) is 0.231. The molecule has 0 N–H and O–H groups in total. The van der Waals surface area contributed by atoms with Crippen molar-refractivity contribution in [2.24, 2.45) is 0 Å².